The predicted molar refractivity (Wildman–Crippen MR) is 101 cm³/mol. The molecule has 7 heteroatoms. The highest BCUT2D eigenvalue weighted by atomic mass is 32.1. The van der Waals surface area contributed by atoms with Crippen molar-refractivity contribution in [3.8, 4) is 5.75 Å². The number of nitrogens with one attached hydrogen (secondary N) is 1. The number of thiophene rings is 1. The third kappa shape index (κ3) is 4.62. The summed E-state index contributed by atoms with van der Waals surface area (Å²) in [6.45, 7) is 2.38. The van der Waals surface area contributed by atoms with E-state index in [-0.39, 0.29) is 18.6 Å². The van der Waals surface area contributed by atoms with Crippen LogP contribution in [-0.4, -0.2) is 43.0 Å². The quantitative estimate of drug-likeness (QED) is 0.743. The van der Waals surface area contributed by atoms with Crippen molar-refractivity contribution in [3.63, 3.8) is 0 Å². The summed E-state index contributed by atoms with van der Waals surface area (Å²) in [7, 11) is 0. The Morgan fingerprint density at radius 3 is 2.65 bits per heavy atom. The Hall–Kier alpha value is -2.38. The van der Waals surface area contributed by atoms with Crippen LogP contribution in [0.1, 0.15) is 34.1 Å². The second-order valence-corrected chi connectivity index (χ2v) is 7.21. The van der Waals surface area contributed by atoms with E-state index in [1.807, 2.05) is 6.07 Å². The van der Waals surface area contributed by atoms with Crippen LogP contribution >= 0.6 is 11.3 Å². The molecule has 1 fully saturated rings. The molecule has 138 valence electrons. The predicted octanol–water partition coefficient (Wildman–Crippen LogP) is 2.18. The van der Waals surface area contributed by atoms with Gasteiger partial charge in [-0.2, -0.15) is 0 Å². The number of ether oxygens (including phenoxy) is 1. The molecule has 1 aromatic heterocycles. The number of primary amides is 1. The van der Waals surface area contributed by atoms with Gasteiger partial charge in [0.25, 0.3) is 11.8 Å². The van der Waals surface area contributed by atoms with Crippen LogP contribution in [0.15, 0.2) is 41.8 Å². The Balaban J connectivity index is 1.68. The average Bonchev–Trinajstić information content (AvgIpc) is 3.34. The summed E-state index contributed by atoms with van der Waals surface area (Å²) < 4.78 is 5.35. The van der Waals surface area contributed by atoms with Gasteiger partial charge in [-0.05, 0) is 49.5 Å². The standard InChI is InChI=1S/C19H23N3O3S/c20-18(23)13-25-16-7-2-1-6-14(16)19(24)21-12-15(17-8-5-11-26-17)22-9-3-4-10-22/h1-2,5-8,11,15H,3-4,9-10,12-13H2,(H2,20,23)(H,21,24). The van der Waals surface area contributed by atoms with Crippen LogP contribution in [0.2, 0.25) is 0 Å². The first-order valence-electron chi connectivity index (χ1n) is 8.71. The molecule has 2 heterocycles. The SMILES string of the molecule is NC(=O)COc1ccccc1C(=O)NCC(c1cccs1)N1CCCC1. The zero-order valence-corrected chi connectivity index (χ0v) is 15.3. The first kappa shape index (κ1) is 18.4. The second kappa shape index (κ2) is 8.82. The van der Waals surface area contributed by atoms with E-state index in [0.717, 1.165) is 13.1 Å². The molecule has 1 unspecified atom stereocenters. The van der Waals surface area contributed by atoms with Gasteiger partial charge in [-0.3, -0.25) is 14.5 Å². The van der Waals surface area contributed by atoms with Crippen molar-refractivity contribution in [1.29, 1.82) is 0 Å². The van der Waals surface area contributed by atoms with Crippen molar-refractivity contribution in [2.24, 2.45) is 5.73 Å². The molecule has 0 saturated carbocycles. The van der Waals surface area contributed by atoms with E-state index in [2.05, 4.69) is 21.7 Å². The zero-order chi connectivity index (χ0) is 18.4. The lowest BCUT2D eigenvalue weighted by Crippen LogP contribution is -2.36. The first-order valence-corrected chi connectivity index (χ1v) is 9.59. The molecule has 3 rings (SSSR count). The third-order valence-electron chi connectivity index (χ3n) is 4.41. The van der Waals surface area contributed by atoms with Crippen molar-refractivity contribution >= 4 is 23.2 Å². The first-order chi connectivity index (χ1) is 12.6. The summed E-state index contributed by atoms with van der Waals surface area (Å²) in [6, 6.07) is 11.2. The number of likely N-dealkylation sites (tertiary alicyclic amines) is 1. The minimum atomic E-state index is -0.577. The molecule has 1 aliphatic heterocycles. The number of nitrogens with two attached hydrogens (primary N) is 1. The maximum atomic E-state index is 12.7. The van der Waals surface area contributed by atoms with Gasteiger partial charge in [0.1, 0.15) is 5.75 Å². The molecule has 0 radical (unpaired) electrons. The van der Waals surface area contributed by atoms with Crippen molar-refractivity contribution in [2.45, 2.75) is 18.9 Å². The monoisotopic (exact) mass is 373 g/mol. The van der Waals surface area contributed by atoms with Crippen molar-refractivity contribution in [2.75, 3.05) is 26.2 Å². The summed E-state index contributed by atoms with van der Waals surface area (Å²) in [6.07, 6.45) is 2.39. The second-order valence-electron chi connectivity index (χ2n) is 6.24. The number of para-hydroxylation sites is 1. The Labute approximate surface area is 156 Å². The van der Waals surface area contributed by atoms with Crippen LogP contribution in [0.3, 0.4) is 0 Å². The number of carbonyl (C=O) groups is 2. The average molecular weight is 373 g/mol. The minimum absolute atomic E-state index is 0.181. The highest BCUT2D eigenvalue weighted by Crippen LogP contribution is 2.28. The normalized spacial score (nSPS) is 15.5. The van der Waals surface area contributed by atoms with Crippen LogP contribution in [0, 0.1) is 0 Å². The van der Waals surface area contributed by atoms with Gasteiger partial charge in [-0.15, -0.1) is 11.3 Å². The third-order valence-corrected chi connectivity index (χ3v) is 5.38. The summed E-state index contributed by atoms with van der Waals surface area (Å²) in [5.74, 6) is -0.435. The molecule has 1 aromatic carbocycles. The number of rotatable bonds is 8. The van der Waals surface area contributed by atoms with Gasteiger partial charge in [-0.1, -0.05) is 18.2 Å². The van der Waals surface area contributed by atoms with Crippen LogP contribution in [0.5, 0.6) is 5.75 Å². The molecule has 0 aliphatic carbocycles. The number of amides is 2. The molecule has 1 saturated heterocycles. The van der Waals surface area contributed by atoms with Crippen LogP contribution in [-0.2, 0) is 4.79 Å². The van der Waals surface area contributed by atoms with E-state index in [1.165, 1.54) is 17.7 Å². The molecular weight excluding hydrogens is 350 g/mol. The fourth-order valence-corrected chi connectivity index (χ4v) is 4.02. The van der Waals surface area contributed by atoms with Gasteiger partial charge < -0.3 is 15.8 Å². The van der Waals surface area contributed by atoms with E-state index >= 15 is 0 Å². The molecule has 6 nitrogen and oxygen atoms in total. The maximum Gasteiger partial charge on any atom is 0.255 e. The summed E-state index contributed by atoms with van der Waals surface area (Å²) in [5.41, 5.74) is 5.52. The number of hydrogen-bond acceptors (Lipinski definition) is 5. The zero-order valence-electron chi connectivity index (χ0n) is 14.5. The van der Waals surface area contributed by atoms with Crippen molar-refractivity contribution in [1.82, 2.24) is 10.2 Å². The summed E-state index contributed by atoms with van der Waals surface area (Å²) in [4.78, 5) is 27.3. The van der Waals surface area contributed by atoms with E-state index in [9.17, 15) is 9.59 Å². The molecule has 2 aromatic rings. The topological polar surface area (TPSA) is 84.7 Å². The minimum Gasteiger partial charge on any atom is -0.483 e. The van der Waals surface area contributed by atoms with Gasteiger partial charge in [0.2, 0.25) is 0 Å². The molecule has 1 aliphatic rings. The highest BCUT2D eigenvalue weighted by Gasteiger charge is 2.25. The van der Waals surface area contributed by atoms with Gasteiger partial charge in [-0.25, -0.2) is 0 Å². The smallest absolute Gasteiger partial charge is 0.255 e. The van der Waals surface area contributed by atoms with Gasteiger partial charge in [0, 0.05) is 11.4 Å². The molecule has 2 amide bonds. The fraction of sp³-hybridized carbons (Fsp3) is 0.368. The van der Waals surface area contributed by atoms with E-state index in [1.54, 1.807) is 35.6 Å². The molecule has 0 bridgehead atoms. The number of hydrogen-bond donors (Lipinski definition) is 2. The number of benzene rings is 1. The van der Waals surface area contributed by atoms with Crippen LogP contribution in [0.4, 0.5) is 0 Å². The van der Waals surface area contributed by atoms with Crippen molar-refractivity contribution in [3.05, 3.63) is 52.2 Å². The fourth-order valence-electron chi connectivity index (χ4n) is 3.16. The van der Waals surface area contributed by atoms with E-state index in [4.69, 9.17) is 10.5 Å². The van der Waals surface area contributed by atoms with Gasteiger partial charge in [0.15, 0.2) is 6.61 Å². The Bertz CT molecular complexity index is 742. The largest absolute Gasteiger partial charge is 0.483 e. The molecule has 0 spiro atoms. The Kier molecular flexibility index (Phi) is 6.25. The molecule has 1 atom stereocenters. The lowest BCUT2D eigenvalue weighted by molar-refractivity contribution is -0.119. The number of nitrogens with zero attached hydrogens (tertiary/aromatic N) is 1. The number of carbonyl (C=O) groups excluding carboxylic acids is 2. The van der Waals surface area contributed by atoms with Gasteiger partial charge in [0.05, 0.1) is 11.6 Å². The summed E-state index contributed by atoms with van der Waals surface area (Å²) in [5, 5.41) is 5.08. The van der Waals surface area contributed by atoms with E-state index in [0.29, 0.717) is 17.9 Å². The highest BCUT2D eigenvalue weighted by molar-refractivity contribution is 7.10. The van der Waals surface area contributed by atoms with Crippen LogP contribution in [0.25, 0.3) is 0 Å². The van der Waals surface area contributed by atoms with Gasteiger partial charge >= 0.3 is 0 Å². The van der Waals surface area contributed by atoms with Crippen molar-refractivity contribution < 1.29 is 14.3 Å². The Morgan fingerprint density at radius 1 is 1.19 bits per heavy atom. The maximum absolute atomic E-state index is 12.7. The lowest BCUT2D eigenvalue weighted by Gasteiger charge is -2.27. The molecule has 26 heavy (non-hydrogen) atoms. The Morgan fingerprint density at radius 2 is 1.96 bits per heavy atom. The van der Waals surface area contributed by atoms with Crippen LogP contribution < -0.4 is 15.8 Å². The molecule has 3 N–H and O–H groups in total. The lowest BCUT2D eigenvalue weighted by atomic mass is 10.1. The molecular formula is C19H23N3O3S. The van der Waals surface area contributed by atoms with E-state index < -0.39 is 5.91 Å². The summed E-state index contributed by atoms with van der Waals surface area (Å²) >= 11 is 1.71.